The molecule has 0 radical (unpaired) electrons. The summed E-state index contributed by atoms with van der Waals surface area (Å²) in [6, 6.07) is 6.85. The molecule has 2 aromatic rings. The lowest BCUT2D eigenvalue weighted by Crippen LogP contribution is -2.20. The second-order valence-corrected chi connectivity index (χ2v) is 7.46. The van der Waals surface area contributed by atoms with Gasteiger partial charge in [-0.05, 0) is 49.4 Å². The third kappa shape index (κ3) is 4.45. The largest absolute Gasteiger partial charge is 0.484 e. The summed E-state index contributed by atoms with van der Waals surface area (Å²) in [7, 11) is 0. The van der Waals surface area contributed by atoms with E-state index in [0.717, 1.165) is 25.0 Å². The molecule has 1 N–H and O–H groups in total. The number of Topliss-reactive ketones (excluding diaryl/α,β-unsaturated/α-hetero) is 1. The summed E-state index contributed by atoms with van der Waals surface area (Å²) in [5.74, 6) is 1.11. The van der Waals surface area contributed by atoms with Crippen LogP contribution in [0.25, 0.3) is 0 Å². The summed E-state index contributed by atoms with van der Waals surface area (Å²) in [5.41, 5.74) is 1.78. The predicted molar refractivity (Wildman–Crippen MR) is 98.5 cm³/mol. The third-order valence-electron chi connectivity index (χ3n) is 4.30. The number of nitrogens with one attached hydrogen (secondary N) is 1. The maximum Gasteiger partial charge on any atom is 0.264 e. The monoisotopic (exact) mass is 358 g/mol. The van der Waals surface area contributed by atoms with E-state index in [9.17, 15) is 9.59 Å². The minimum absolute atomic E-state index is 0.0816. The predicted octanol–water partition coefficient (Wildman–Crippen LogP) is 3.88. The summed E-state index contributed by atoms with van der Waals surface area (Å²) >= 11 is 1.56. The molecule has 5 nitrogen and oxygen atoms in total. The van der Waals surface area contributed by atoms with Crippen LogP contribution in [0.15, 0.2) is 24.3 Å². The summed E-state index contributed by atoms with van der Waals surface area (Å²) in [6.45, 7) is 3.99. The molecule has 0 bridgehead atoms. The number of hydrogen-bond acceptors (Lipinski definition) is 5. The molecule has 1 heterocycles. The van der Waals surface area contributed by atoms with Crippen molar-refractivity contribution in [3.63, 3.8) is 0 Å². The number of aromatic nitrogens is 1. The number of fused-ring (bicyclic) bond motifs is 1. The van der Waals surface area contributed by atoms with Crippen LogP contribution < -0.4 is 10.1 Å². The maximum atomic E-state index is 12.1. The van der Waals surface area contributed by atoms with Crippen LogP contribution in [0.3, 0.4) is 0 Å². The van der Waals surface area contributed by atoms with Crippen molar-refractivity contribution in [1.82, 2.24) is 4.98 Å². The number of ether oxygens (including phenoxy) is 1. The molecule has 25 heavy (non-hydrogen) atoms. The van der Waals surface area contributed by atoms with Gasteiger partial charge in [0.1, 0.15) is 5.75 Å². The van der Waals surface area contributed by atoms with E-state index in [0.29, 0.717) is 28.8 Å². The van der Waals surface area contributed by atoms with Crippen molar-refractivity contribution in [2.24, 2.45) is 5.92 Å². The Labute approximate surface area is 151 Å². The molecule has 1 aromatic heterocycles. The maximum absolute atomic E-state index is 12.1. The quantitative estimate of drug-likeness (QED) is 0.796. The molecule has 1 aromatic carbocycles. The highest BCUT2D eigenvalue weighted by Gasteiger charge is 2.20. The van der Waals surface area contributed by atoms with E-state index in [4.69, 9.17) is 4.74 Å². The molecule has 1 aliphatic rings. The van der Waals surface area contributed by atoms with Gasteiger partial charge in [-0.2, -0.15) is 0 Å². The molecule has 3 rings (SSSR count). The fraction of sp³-hybridized carbons (Fsp3) is 0.421. The standard InChI is InChI=1S/C19H22N2O3S/c1-3-16(22)13-5-7-14(8-6-13)24-11-18(23)21-19-20-15-9-4-12(2)10-17(15)25-19/h5-8,12H,3-4,9-11H2,1-2H3,(H,20,21,23)/t12-/m1/s1. The highest BCUT2D eigenvalue weighted by molar-refractivity contribution is 7.15. The van der Waals surface area contributed by atoms with Crippen LogP contribution >= 0.6 is 11.3 Å². The molecule has 1 amide bonds. The highest BCUT2D eigenvalue weighted by atomic mass is 32.1. The van der Waals surface area contributed by atoms with Crippen LogP contribution in [0.1, 0.15) is 47.6 Å². The van der Waals surface area contributed by atoms with Crippen molar-refractivity contribution >= 4 is 28.2 Å². The summed E-state index contributed by atoms with van der Waals surface area (Å²) in [4.78, 5) is 29.4. The van der Waals surface area contributed by atoms with Crippen molar-refractivity contribution in [2.45, 2.75) is 39.5 Å². The Morgan fingerprint density at radius 1 is 1.32 bits per heavy atom. The van der Waals surface area contributed by atoms with E-state index in [1.165, 1.54) is 4.88 Å². The van der Waals surface area contributed by atoms with Crippen LogP contribution in [0.5, 0.6) is 5.75 Å². The summed E-state index contributed by atoms with van der Waals surface area (Å²) in [6.07, 6.45) is 3.66. The van der Waals surface area contributed by atoms with Gasteiger partial charge >= 0.3 is 0 Å². The minimum Gasteiger partial charge on any atom is -0.484 e. The van der Waals surface area contributed by atoms with E-state index in [-0.39, 0.29) is 18.3 Å². The van der Waals surface area contributed by atoms with Crippen molar-refractivity contribution in [2.75, 3.05) is 11.9 Å². The molecule has 0 aliphatic heterocycles. The Bertz CT molecular complexity index is 767. The van der Waals surface area contributed by atoms with Crippen molar-refractivity contribution < 1.29 is 14.3 Å². The Kier molecular flexibility index (Phi) is 5.48. The third-order valence-corrected chi connectivity index (χ3v) is 5.34. The number of anilines is 1. The van der Waals surface area contributed by atoms with Gasteiger partial charge in [-0.25, -0.2) is 4.98 Å². The first-order chi connectivity index (χ1) is 12.0. The number of aryl methyl sites for hydroxylation is 1. The molecular weight excluding hydrogens is 336 g/mol. The lowest BCUT2D eigenvalue weighted by molar-refractivity contribution is -0.118. The van der Waals surface area contributed by atoms with Gasteiger partial charge in [0.05, 0.1) is 5.69 Å². The number of ketones is 1. The topological polar surface area (TPSA) is 68.3 Å². The number of nitrogens with zero attached hydrogens (tertiary/aromatic N) is 1. The average Bonchev–Trinajstić information content (AvgIpc) is 3.01. The first kappa shape index (κ1) is 17.6. The van der Waals surface area contributed by atoms with Gasteiger partial charge in [0.2, 0.25) is 0 Å². The lowest BCUT2D eigenvalue weighted by atomic mass is 9.93. The molecule has 1 atom stereocenters. The molecular formula is C19H22N2O3S. The number of carbonyl (C=O) groups excluding carboxylic acids is 2. The van der Waals surface area contributed by atoms with Crippen molar-refractivity contribution in [3.8, 4) is 5.75 Å². The van der Waals surface area contributed by atoms with E-state index in [1.54, 1.807) is 35.6 Å². The van der Waals surface area contributed by atoms with Crippen LogP contribution in [-0.2, 0) is 17.6 Å². The zero-order valence-corrected chi connectivity index (χ0v) is 15.3. The first-order valence-electron chi connectivity index (χ1n) is 8.59. The number of thiazole rings is 1. The molecule has 6 heteroatoms. The SMILES string of the molecule is CCC(=O)c1ccc(OCC(=O)Nc2nc3c(s2)C[C@H](C)CC3)cc1. The van der Waals surface area contributed by atoms with Crippen molar-refractivity contribution in [1.29, 1.82) is 0 Å². The van der Waals surface area contributed by atoms with E-state index in [1.807, 2.05) is 6.92 Å². The molecule has 0 fully saturated rings. The first-order valence-corrected chi connectivity index (χ1v) is 9.41. The molecule has 1 aliphatic carbocycles. The van der Waals surface area contributed by atoms with Gasteiger partial charge in [-0.15, -0.1) is 11.3 Å². The zero-order valence-electron chi connectivity index (χ0n) is 14.5. The zero-order chi connectivity index (χ0) is 17.8. The van der Waals surface area contributed by atoms with Crippen LogP contribution in [0.4, 0.5) is 5.13 Å². The van der Waals surface area contributed by atoms with Gasteiger partial charge in [0.25, 0.3) is 5.91 Å². The number of amides is 1. The fourth-order valence-electron chi connectivity index (χ4n) is 2.84. The second-order valence-electron chi connectivity index (χ2n) is 6.37. The Balaban J connectivity index is 1.52. The average molecular weight is 358 g/mol. The van der Waals surface area contributed by atoms with Gasteiger partial charge in [0, 0.05) is 16.9 Å². The molecule has 0 spiro atoms. The van der Waals surface area contributed by atoms with Gasteiger partial charge in [-0.1, -0.05) is 13.8 Å². The van der Waals surface area contributed by atoms with E-state index in [2.05, 4.69) is 17.2 Å². The van der Waals surface area contributed by atoms with E-state index < -0.39 is 0 Å². The van der Waals surface area contributed by atoms with Crippen molar-refractivity contribution in [3.05, 3.63) is 40.4 Å². The Morgan fingerprint density at radius 2 is 2.08 bits per heavy atom. The Morgan fingerprint density at radius 3 is 2.80 bits per heavy atom. The van der Waals surface area contributed by atoms with Gasteiger partial charge in [0.15, 0.2) is 17.5 Å². The second kappa shape index (κ2) is 7.78. The fourth-order valence-corrected chi connectivity index (χ4v) is 4.03. The number of rotatable bonds is 6. The van der Waals surface area contributed by atoms with E-state index >= 15 is 0 Å². The van der Waals surface area contributed by atoms with Crippen LogP contribution in [0.2, 0.25) is 0 Å². The summed E-state index contributed by atoms with van der Waals surface area (Å²) in [5, 5.41) is 3.46. The normalized spacial score (nSPS) is 16.2. The highest BCUT2D eigenvalue weighted by Crippen LogP contribution is 2.32. The molecule has 0 saturated carbocycles. The number of carbonyl (C=O) groups is 2. The smallest absolute Gasteiger partial charge is 0.264 e. The number of hydrogen-bond donors (Lipinski definition) is 1. The van der Waals surface area contributed by atoms with Gasteiger partial charge < -0.3 is 4.74 Å². The van der Waals surface area contributed by atoms with Gasteiger partial charge in [-0.3, -0.25) is 14.9 Å². The number of benzene rings is 1. The molecule has 132 valence electrons. The Hall–Kier alpha value is -2.21. The minimum atomic E-state index is -0.229. The summed E-state index contributed by atoms with van der Waals surface area (Å²) < 4.78 is 5.48. The lowest BCUT2D eigenvalue weighted by Gasteiger charge is -2.15. The molecule has 0 saturated heterocycles. The van der Waals surface area contributed by atoms with Crippen LogP contribution in [-0.4, -0.2) is 23.3 Å². The molecule has 0 unspecified atom stereocenters. The van der Waals surface area contributed by atoms with Crippen LogP contribution in [0, 0.1) is 5.92 Å².